The Balaban J connectivity index is 2.48. The van der Waals surface area contributed by atoms with Crippen LogP contribution in [0.2, 0.25) is 0 Å². The number of nitrogens with zero attached hydrogens (tertiary/aromatic N) is 2. The SMILES string of the molecule is COc1cc(-n2c(F)c(C(C)C)c3ccccc3c2=O)c(F)cn1. The van der Waals surface area contributed by atoms with Crippen LogP contribution in [0.3, 0.4) is 0 Å². The predicted octanol–water partition coefficient (Wildman–Crippen LogP) is 3.80. The van der Waals surface area contributed by atoms with E-state index in [1.165, 1.54) is 13.2 Å². The minimum absolute atomic E-state index is 0.0944. The fraction of sp³-hybridized carbons (Fsp3) is 0.222. The number of methoxy groups -OCH3 is 1. The first kappa shape index (κ1) is 16.1. The van der Waals surface area contributed by atoms with E-state index in [-0.39, 0.29) is 17.5 Å². The van der Waals surface area contributed by atoms with Crippen molar-refractivity contribution in [1.82, 2.24) is 9.55 Å². The van der Waals surface area contributed by atoms with Crippen LogP contribution in [0.1, 0.15) is 25.3 Å². The zero-order valence-corrected chi connectivity index (χ0v) is 13.5. The topological polar surface area (TPSA) is 44.1 Å². The summed E-state index contributed by atoms with van der Waals surface area (Å²) >= 11 is 0. The molecule has 0 aliphatic heterocycles. The highest BCUT2D eigenvalue weighted by Crippen LogP contribution is 2.28. The molecule has 0 saturated carbocycles. The van der Waals surface area contributed by atoms with E-state index in [4.69, 9.17) is 4.74 Å². The molecule has 2 aromatic heterocycles. The summed E-state index contributed by atoms with van der Waals surface area (Å²) in [5, 5.41) is 0.866. The van der Waals surface area contributed by atoms with Crippen molar-refractivity contribution in [2.45, 2.75) is 19.8 Å². The lowest BCUT2D eigenvalue weighted by Gasteiger charge is -2.17. The van der Waals surface area contributed by atoms with E-state index in [1.54, 1.807) is 24.3 Å². The van der Waals surface area contributed by atoms with Crippen LogP contribution < -0.4 is 10.3 Å². The third kappa shape index (κ3) is 2.44. The van der Waals surface area contributed by atoms with E-state index >= 15 is 4.39 Å². The lowest BCUT2D eigenvalue weighted by atomic mass is 9.98. The Kier molecular flexibility index (Phi) is 4.05. The molecule has 1 aromatic carbocycles. The Hall–Kier alpha value is -2.76. The number of pyridine rings is 2. The molecule has 0 bridgehead atoms. The number of fused-ring (bicyclic) bond motifs is 1. The van der Waals surface area contributed by atoms with Gasteiger partial charge in [0.2, 0.25) is 11.8 Å². The van der Waals surface area contributed by atoms with Gasteiger partial charge in [-0.15, -0.1) is 0 Å². The summed E-state index contributed by atoms with van der Waals surface area (Å²) in [6, 6.07) is 7.95. The second-order valence-corrected chi connectivity index (χ2v) is 5.72. The number of halogens is 2. The first-order valence-electron chi connectivity index (χ1n) is 7.48. The molecule has 24 heavy (non-hydrogen) atoms. The normalized spacial score (nSPS) is 11.2. The number of hydrogen-bond donors (Lipinski definition) is 0. The fourth-order valence-electron chi connectivity index (χ4n) is 2.80. The van der Waals surface area contributed by atoms with E-state index in [0.29, 0.717) is 16.3 Å². The van der Waals surface area contributed by atoms with Gasteiger partial charge in [-0.25, -0.2) is 13.9 Å². The van der Waals surface area contributed by atoms with Crippen molar-refractivity contribution in [2.24, 2.45) is 0 Å². The smallest absolute Gasteiger partial charge is 0.265 e. The van der Waals surface area contributed by atoms with Crippen molar-refractivity contribution in [2.75, 3.05) is 7.11 Å². The van der Waals surface area contributed by atoms with E-state index in [1.807, 2.05) is 13.8 Å². The van der Waals surface area contributed by atoms with Gasteiger partial charge in [0.25, 0.3) is 5.56 Å². The second kappa shape index (κ2) is 6.03. The summed E-state index contributed by atoms with van der Waals surface area (Å²) in [6.45, 7) is 3.65. The molecule has 124 valence electrons. The molecule has 6 heteroatoms. The van der Waals surface area contributed by atoms with Gasteiger partial charge < -0.3 is 4.74 Å². The Morgan fingerprint density at radius 1 is 1.17 bits per heavy atom. The molecule has 0 spiro atoms. The van der Waals surface area contributed by atoms with Crippen molar-refractivity contribution in [3.8, 4) is 11.6 Å². The Morgan fingerprint density at radius 3 is 2.46 bits per heavy atom. The first-order chi connectivity index (χ1) is 11.5. The van der Waals surface area contributed by atoms with Crippen molar-refractivity contribution in [3.63, 3.8) is 0 Å². The first-order valence-corrected chi connectivity index (χ1v) is 7.48. The maximum atomic E-state index is 15.2. The van der Waals surface area contributed by atoms with E-state index in [2.05, 4.69) is 4.98 Å². The third-order valence-corrected chi connectivity index (χ3v) is 3.91. The van der Waals surface area contributed by atoms with Crippen LogP contribution in [0.5, 0.6) is 5.88 Å². The van der Waals surface area contributed by atoms with Gasteiger partial charge in [0, 0.05) is 17.0 Å². The molecule has 0 fully saturated rings. The number of rotatable bonds is 3. The summed E-state index contributed by atoms with van der Waals surface area (Å²) in [4.78, 5) is 16.5. The molecule has 0 radical (unpaired) electrons. The highest BCUT2D eigenvalue weighted by atomic mass is 19.1. The average Bonchev–Trinajstić information content (AvgIpc) is 2.56. The molecule has 0 aliphatic carbocycles. The van der Waals surface area contributed by atoms with Gasteiger partial charge in [-0.05, 0) is 17.4 Å². The van der Waals surface area contributed by atoms with Crippen LogP contribution in [-0.4, -0.2) is 16.7 Å². The fourth-order valence-corrected chi connectivity index (χ4v) is 2.80. The predicted molar refractivity (Wildman–Crippen MR) is 87.9 cm³/mol. The van der Waals surface area contributed by atoms with Crippen molar-refractivity contribution >= 4 is 10.8 Å². The highest BCUT2D eigenvalue weighted by molar-refractivity contribution is 5.85. The second-order valence-electron chi connectivity index (χ2n) is 5.72. The van der Waals surface area contributed by atoms with Gasteiger partial charge >= 0.3 is 0 Å². The van der Waals surface area contributed by atoms with Crippen LogP contribution in [-0.2, 0) is 0 Å². The molecule has 0 saturated heterocycles. The van der Waals surface area contributed by atoms with Gasteiger partial charge in [0.15, 0.2) is 5.82 Å². The van der Waals surface area contributed by atoms with E-state index in [0.717, 1.165) is 10.8 Å². The Morgan fingerprint density at radius 2 is 1.83 bits per heavy atom. The summed E-state index contributed by atoms with van der Waals surface area (Å²) in [5.41, 5.74) is -0.489. The molecule has 0 aliphatic rings. The number of hydrogen-bond acceptors (Lipinski definition) is 3. The van der Waals surface area contributed by atoms with Crippen molar-refractivity contribution in [1.29, 1.82) is 0 Å². The number of benzene rings is 1. The zero-order valence-electron chi connectivity index (χ0n) is 13.5. The Labute approximate surface area is 137 Å². The van der Waals surface area contributed by atoms with Crippen LogP contribution in [0.4, 0.5) is 8.78 Å². The average molecular weight is 330 g/mol. The summed E-state index contributed by atoms with van der Waals surface area (Å²) in [7, 11) is 1.36. The number of ether oxygens (including phenoxy) is 1. The monoisotopic (exact) mass is 330 g/mol. The molecule has 2 heterocycles. The quantitative estimate of drug-likeness (QED) is 0.686. The minimum atomic E-state index is -0.804. The van der Waals surface area contributed by atoms with E-state index in [9.17, 15) is 9.18 Å². The van der Waals surface area contributed by atoms with E-state index < -0.39 is 17.3 Å². The molecule has 0 N–H and O–H groups in total. The van der Waals surface area contributed by atoms with Crippen LogP contribution in [0.15, 0.2) is 41.3 Å². The number of aromatic nitrogens is 2. The highest BCUT2D eigenvalue weighted by Gasteiger charge is 2.22. The molecule has 0 unspecified atom stereocenters. The molecule has 3 aromatic rings. The lowest BCUT2D eigenvalue weighted by Crippen LogP contribution is -2.25. The Bertz CT molecular complexity index is 981. The molecule has 3 rings (SSSR count). The largest absolute Gasteiger partial charge is 0.481 e. The van der Waals surface area contributed by atoms with Gasteiger partial charge in [-0.3, -0.25) is 4.79 Å². The lowest BCUT2D eigenvalue weighted by molar-refractivity contribution is 0.394. The minimum Gasteiger partial charge on any atom is -0.481 e. The van der Waals surface area contributed by atoms with Crippen molar-refractivity contribution in [3.05, 3.63) is 64.2 Å². The molecular formula is C18H16F2N2O2. The third-order valence-electron chi connectivity index (χ3n) is 3.91. The van der Waals surface area contributed by atoms with Gasteiger partial charge in [-0.1, -0.05) is 32.0 Å². The van der Waals surface area contributed by atoms with Crippen LogP contribution >= 0.6 is 0 Å². The van der Waals surface area contributed by atoms with Crippen LogP contribution in [0.25, 0.3) is 16.5 Å². The van der Waals surface area contributed by atoms with Gasteiger partial charge in [0.1, 0.15) is 0 Å². The van der Waals surface area contributed by atoms with Gasteiger partial charge in [0.05, 0.1) is 19.0 Å². The van der Waals surface area contributed by atoms with Gasteiger partial charge in [-0.2, -0.15) is 4.39 Å². The maximum Gasteiger partial charge on any atom is 0.265 e. The standard InChI is InChI=1S/C18H16F2N2O2/c1-10(2)16-11-6-4-5-7-12(11)18(23)22(17(16)20)14-8-15(24-3)21-9-13(14)19/h4-10H,1-3H3. The van der Waals surface area contributed by atoms with Crippen LogP contribution in [0, 0.1) is 11.8 Å². The molecule has 0 atom stereocenters. The summed E-state index contributed by atoms with van der Waals surface area (Å²) in [5.74, 6) is -1.67. The molecule has 0 amide bonds. The summed E-state index contributed by atoms with van der Waals surface area (Å²) < 4.78 is 35.1. The zero-order chi connectivity index (χ0) is 17.4. The summed E-state index contributed by atoms with van der Waals surface area (Å²) in [6.07, 6.45) is 0.907. The maximum absolute atomic E-state index is 15.2. The molecule has 4 nitrogen and oxygen atoms in total. The van der Waals surface area contributed by atoms with Crippen molar-refractivity contribution < 1.29 is 13.5 Å². The molecular weight excluding hydrogens is 314 g/mol.